The number of aromatic nitrogens is 1. The summed E-state index contributed by atoms with van der Waals surface area (Å²) in [7, 11) is 0. The lowest BCUT2D eigenvalue weighted by Gasteiger charge is -2.18. The zero-order chi connectivity index (χ0) is 13.8. The molecule has 0 aromatic carbocycles. The predicted molar refractivity (Wildman–Crippen MR) is 63.2 cm³/mol. The van der Waals surface area contributed by atoms with Gasteiger partial charge in [0.05, 0.1) is 0 Å². The maximum absolute atomic E-state index is 12.3. The van der Waals surface area contributed by atoms with Gasteiger partial charge in [0, 0.05) is 31.0 Å². The molecule has 1 heterocycles. The average Bonchev–Trinajstić information content (AvgIpc) is 2.77. The van der Waals surface area contributed by atoms with E-state index >= 15 is 0 Å². The third kappa shape index (κ3) is 4.03. The van der Waals surface area contributed by atoms with E-state index in [1.165, 1.54) is 12.3 Å². The molecule has 104 valence electrons. The standard InChI is InChI=1S/C12H19F3N2O/c1-3-16(4-2)7-8-17-6-5-10(9-17)11(18)12(13,14)15/h5-6,9,11,18H,3-4,7-8H2,1-2H3. The van der Waals surface area contributed by atoms with Crippen LogP contribution in [0.25, 0.3) is 0 Å². The monoisotopic (exact) mass is 264 g/mol. The van der Waals surface area contributed by atoms with E-state index in [4.69, 9.17) is 5.11 Å². The number of nitrogens with zero attached hydrogens (tertiary/aromatic N) is 2. The normalized spacial score (nSPS) is 14.2. The van der Waals surface area contributed by atoms with Crippen molar-refractivity contribution in [3.8, 4) is 0 Å². The van der Waals surface area contributed by atoms with Gasteiger partial charge < -0.3 is 14.6 Å². The Bertz CT molecular complexity index is 358. The van der Waals surface area contributed by atoms with Gasteiger partial charge in [0.1, 0.15) is 0 Å². The highest BCUT2D eigenvalue weighted by molar-refractivity contribution is 5.15. The van der Waals surface area contributed by atoms with Crippen LogP contribution in [0.1, 0.15) is 25.5 Å². The van der Waals surface area contributed by atoms with Gasteiger partial charge in [-0.25, -0.2) is 0 Å². The van der Waals surface area contributed by atoms with Crippen LogP contribution in [0.2, 0.25) is 0 Å². The summed E-state index contributed by atoms with van der Waals surface area (Å²) in [5.74, 6) is 0. The fourth-order valence-corrected chi connectivity index (χ4v) is 1.75. The second kappa shape index (κ2) is 6.24. The van der Waals surface area contributed by atoms with Crippen molar-refractivity contribution in [3.63, 3.8) is 0 Å². The summed E-state index contributed by atoms with van der Waals surface area (Å²) in [6, 6.07) is 1.31. The Morgan fingerprint density at radius 2 is 1.94 bits per heavy atom. The van der Waals surface area contributed by atoms with Crippen LogP contribution in [0.4, 0.5) is 13.2 Å². The molecule has 6 heteroatoms. The molecule has 0 aliphatic carbocycles. The Morgan fingerprint density at radius 3 is 2.44 bits per heavy atom. The van der Waals surface area contributed by atoms with Gasteiger partial charge in [-0.1, -0.05) is 13.8 Å². The Labute approximate surface area is 105 Å². The van der Waals surface area contributed by atoms with Crippen molar-refractivity contribution >= 4 is 0 Å². The smallest absolute Gasteiger partial charge is 0.379 e. The Kier molecular flexibility index (Phi) is 5.22. The quantitative estimate of drug-likeness (QED) is 0.854. The highest BCUT2D eigenvalue weighted by Gasteiger charge is 2.39. The summed E-state index contributed by atoms with van der Waals surface area (Å²) in [5.41, 5.74) is -0.109. The number of likely N-dealkylation sites (N-methyl/N-ethyl adjacent to an activating group) is 1. The molecule has 1 atom stereocenters. The summed E-state index contributed by atoms with van der Waals surface area (Å²) in [5, 5.41) is 9.09. The van der Waals surface area contributed by atoms with Crippen molar-refractivity contribution in [3.05, 3.63) is 24.0 Å². The fourth-order valence-electron chi connectivity index (χ4n) is 1.75. The Balaban J connectivity index is 2.58. The molecule has 18 heavy (non-hydrogen) atoms. The second-order valence-electron chi connectivity index (χ2n) is 4.15. The van der Waals surface area contributed by atoms with Crippen LogP contribution in [-0.4, -0.2) is 40.4 Å². The third-order valence-corrected chi connectivity index (χ3v) is 2.97. The van der Waals surface area contributed by atoms with Gasteiger partial charge in [0.2, 0.25) is 0 Å². The van der Waals surface area contributed by atoms with Gasteiger partial charge >= 0.3 is 6.18 Å². The maximum Gasteiger partial charge on any atom is 0.418 e. The number of aliphatic hydroxyl groups is 1. The SMILES string of the molecule is CCN(CC)CCn1ccc(C(O)C(F)(F)F)c1. The topological polar surface area (TPSA) is 28.4 Å². The molecular weight excluding hydrogens is 245 g/mol. The number of aliphatic hydroxyl groups excluding tert-OH is 1. The number of rotatable bonds is 6. The minimum atomic E-state index is -4.61. The Morgan fingerprint density at radius 1 is 1.33 bits per heavy atom. The number of halogens is 3. The zero-order valence-electron chi connectivity index (χ0n) is 10.6. The van der Waals surface area contributed by atoms with Crippen LogP contribution in [0.15, 0.2) is 18.5 Å². The molecule has 0 bridgehead atoms. The minimum Gasteiger partial charge on any atom is -0.379 e. The first kappa shape index (κ1) is 15.0. The van der Waals surface area contributed by atoms with Crippen LogP contribution in [0.3, 0.4) is 0 Å². The van der Waals surface area contributed by atoms with E-state index in [2.05, 4.69) is 4.90 Å². The minimum absolute atomic E-state index is 0.109. The lowest BCUT2D eigenvalue weighted by molar-refractivity contribution is -0.206. The van der Waals surface area contributed by atoms with Gasteiger partial charge in [0.15, 0.2) is 6.10 Å². The summed E-state index contributed by atoms with van der Waals surface area (Å²) < 4.78 is 38.6. The van der Waals surface area contributed by atoms with Crippen molar-refractivity contribution in [1.82, 2.24) is 9.47 Å². The predicted octanol–water partition coefficient (Wildman–Crippen LogP) is 2.43. The van der Waals surface area contributed by atoms with Crippen molar-refractivity contribution in [2.75, 3.05) is 19.6 Å². The summed E-state index contributed by atoms with van der Waals surface area (Å²) >= 11 is 0. The number of hydrogen-bond acceptors (Lipinski definition) is 2. The molecule has 1 N–H and O–H groups in total. The molecule has 0 spiro atoms. The molecule has 1 rings (SSSR count). The number of alkyl halides is 3. The largest absolute Gasteiger partial charge is 0.418 e. The van der Waals surface area contributed by atoms with Crippen LogP contribution in [0, 0.1) is 0 Å². The molecule has 0 aliphatic heterocycles. The molecule has 0 amide bonds. The highest BCUT2D eigenvalue weighted by atomic mass is 19.4. The molecular formula is C12H19F3N2O. The van der Waals surface area contributed by atoms with E-state index in [9.17, 15) is 13.2 Å². The highest BCUT2D eigenvalue weighted by Crippen LogP contribution is 2.32. The van der Waals surface area contributed by atoms with Crippen LogP contribution < -0.4 is 0 Å². The fraction of sp³-hybridized carbons (Fsp3) is 0.667. The molecule has 3 nitrogen and oxygen atoms in total. The van der Waals surface area contributed by atoms with E-state index in [-0.39, 0.29) is 5.56 Å². The van der Waals surface area contributed by atoms with Gasteiger partial charge in [-0.05, 0) is 19.2 Å². The van der Waals surface area contributed by atoms with Gasteiger partial charge in [-0.15, -0.1) is 0 Å². The zero-order valence-corrected chi connectivity index (χ0v) is 10.6. The maximum atomic E-state index is 12.3. The van der Waals surface area contributed by atoms with Crippen molar-refractivity contribution in [1.29, 1.82) is 0 Å². The first-order valence-corrected chi connectivity index (χ1v) is 6.01. The summed E-state index contributed by atoms with van der Waals surface area (Å²) in [6.07, 6.45) is -4.09. The average molecular weight is 264 g/mol. The van der Waals surface area contributed by atoms with Gasteiger partial charge in [-0.3, -0.25) is 0 Å². The first-order chi connectivity index (χ1) is 8.38. The number of hydrogen-bond donors (Lipinski definition) is 1. The van der Waals surface area contributed by atoms with E-state index in [0.717, 1.165) is 19.6 Å². The van der Waals surface area contributed by atoms with E-state index in [1.807, 2.05) is 13.8 Å². The lowest BCUT2D eigenvalue weighted by atomic mass is 10.2. The van der Waals surface area contributed by atoms with Gasteiger partial charge in [0.25, 0.3) is 0 Å². The molecule has 1 unspecified atom stereocenters. The summed E-state index contributed by atoms with van der Waals surface area (Å²) in [4.78, 5) is 2.18. The van der Waals surface area contributed by atoms with Gasteiger partial charge in [-0.2, -0.15) is 13.2 Å². The molecule has 0 saturated carbocycles. The van der Waals surface area contributed by atoms with E-state index in [0.29, 0.717) is 6.54 Å². The van der Waals surface area contributed by atoms with Crippen molar-refractivity contribution in [2.24, 2.45) is 0 Å². The Hall–Kier alpha value is -1.01. The van der Waals surface area contributed by atoms with Crippen LogP contribution >= 0.6 is 0 Å². The van der Waals surface area contributed by atoms with E-state index in [1.54, 1.807) is 10.8 Å². The first-order valence-electron chi connectivity index (χ1n) is 6.01. The lowest BCUT2D eigenvalue weighted by Crippen LogP contribution is -2.26. The molecule has 1 aromatic rings. The molecule has 0 aliphatic rings. The van der Waals surface area contributed by atoms with Crippen molar-refractivity contribution in [2.45, 2.75) is 32.7 Å². The van der Waals surface area contributed by atoms with Crippen LogP contribution in [0.5, 0.6) is 0 Å². The molecule has 1 aromatic heterocycles. The van der Waals surface area contributed by atoms with Crippen LogP contribution in [-0.2, 0) is 6.54 Å². The molecule has 0 radical (unpaired) electrons. The molecule has 0 saturated heterocycles. The second-order valence-corrected chi connectivity index (χ2v) is 4.15. The third-order valence-electron chi connectivity index (χ3n) is 2.97. The molecule has 0 fully saturated rings. The van der Waals surface area contributed by atoms with E-state index < -0.39 is 12.3 Å². The summed E-state index contributed by atoms with van der Waals surface area (Å²) in [6.45, 7) is 7.30. The van der Waals surface area contributed by atoms with Crippen molar-refractivity contribution < 1.29 is 18.3 Å².